The molecule has 2 aromatic heterocycles. The fourth-order valence-corrected chi connectivity index (χ4v) is 3.48. The molecule has 2 unspecified atom stereocenters. The summed E-state index contributed by atoms with van der Waals surface area (Å²) in [6, 6.07) is 5.77. The van der Waals surface area contributed by atoms with Gasteiger partial charge >= 0.3 is 0 Å². The van der Waals surface area contributed by atoms with Gasteiger partial charge in [0.05, 0.1) is 17.6 Å². The first-order chi connectivity index (χ1) is 12.0. The van der Waals surface area contributed by atoms with Crippen LogP contribution in [0.25, 0.3) is 5.82 Å². The first-order valence-corrected chi connectivity index (χ1v) is 9.03. The topological polar surface area (TPSA) is 71.8 Å². The zero-order valence-electron chi connectivity index (χ0n) is 15.2. The molecule has 134 valence electrons. The third-order valence-corrected chi connectivity index (χ3v) is 4.91. The third kappa shape index (κ3) is 4.45. The summed E-state index contributed by atoms with van der Waals surface area (Å²) in [5, 5.41) is 10.8. The fourth-order valence-electron chi connectivity index (χ4n) is 3.48. The van der Waals surface area contributed by atoms with Crippen molar-refractivity contribution in [3.05, 3.63) is 35.8 Å². The summed E-state index contributed by atoms with van der Waals surface area (Å²) in [5.74, 6) is 1.78. The lowest BCUT2D eigenvalue weighted by Gasteiger charge is -2.28. The van der Waals surface area contributed by atoms with E-state index in [0.29, 0.717) is 18.3 Å². The number of carbonyl (C=O) groups is 1. The van der Waals surface area contributed by atoms with Gasteiger partial charge in [0.15, 0.2) is 5.82 Å². The Morgan fingerprint density at radius 2 is 2.28 bits per heavy atom. The van der Waals surface area contributed by atoms with Crippen LogP contribution in [0.2, 0.25) is 0 Å². The van der Waals surface area contributed by atoms with Crippen molar-refractivity contribution in [2.75, 3.05) is 18.4 Å². The number of piperidine rings is 1. The van der Waals surface area contributed by atoms with Gasteiger partial charge in [-0.05, 0) is 69.8 Å². The van der Waals surface area contributed by atoms with Crippen molar-refractivity contribution in [2.45, 2.75) is 40.0 Å². The highest BCUT2D eigenvalue weighted by Gasteiger charge is 2.22. The van der Waals surface area contributed by atoms with E-state index >= 15 is 0 Å². The Hall–Kier alpha value is -2.21. The van der Waals surface area contributed by atoms with Crippen molar-refractivity contribution in [1.29, 1.82) is 0 Å². The standard InChI is InChI=1S/C19H27N5O/c1-13(16-5-4-8-20-11-16)9-19(25)22-17-6-7-18(21-12-17)24-15(3)10-14(2)23-24/h6-7,10,12-13,16,20H,4-5,8-9,11H2,1-3H3,(H,22,25). The fraction of sp³-hybridized carbons (Fsp3) is 0.526. The summed E-state index contributed by atoms with van der Waals surface area (Å²) in [5.41, 5.74) is 2.73. The van der Waals surface area contributed by atoms with Crippen LogP contribution in [-0.4, -0.2) is 33.8 Å². The summed E-state index contributed by atoms with van der Waals surface area (Å²) < 4.78 is 1.80. The third-order valence-electron chi connectivity index (χ3n) is 4.91. The van der Waals surface area contributed by atoms with Gasteiger partial charge in [-0.25, -0.2) is 9.67 Å². The van der Waals surface area contributed by atoms with E-state index < -0.39 is 0 Å². The first kappa shape index (κ1) is 17.6. The summed E-state index contributed by atoms with van der Waals surface area (Å²) in [6.45, 7) is 8.25. The number of amides is 1. The molecule has 1 saturated heterocycles. The minimum atomic E-state index is 0.0544. The van der Waals surface area contributed by atoms with Gasteiger partial charge in [0.2, 0.25) is 5.91 Å². The number of rotatable bonds is 5. The average molecular weight is 341 g/mol. The van der Waals surface area contributed by atoms with Gasteiger partial charge in [-0.1, -0.05) is 6.92 Å². The molecule has 0 radical (unpaired) electrons. The Kier molecular flexibility index (Phi) is 5.48. The Morgan fingerprint density at radius 1 is 1.44 bits per heavy atom. The summed E-state index contributed by atoms with van der Waals surface area (Å²) in [4.78, 5) is 16.7. The number of anilines is 1. The molecule has 0 spiro atoms. The van der Waals surface area contributed by atoms with Crippen LogP contribution >= 0.6 is 0 Å². The van der Waals surface area contributed by atoms with Crippen LogP contribution in [-0.2, 0) is 4.79 Å². The van der Waals surface area contributed by atoms with E-state index in [2.05, 4.69) is 27.6 Å². The minimum Gasteiger partial charge on any atom is -0.325 e. The lowest BCUT2D eigenvalue weighted by atomic mass is 9.85. The van der Waals surface area contributed by atoms with Crippen LogP contribution < -0.4 is 10.6 Å². The highest BCUT2D eigenvalue weighted by molar-refractivity contribution is 5.90. The molecule has 2 atom stereocenters. The molecule has 0 saturated carbocycles. The summed E-state index contributed by atoms with van der Waals surface area (Å²) >= 11 is 0. The second-order valence-electron chi connectivity index (χ2n) is 7.08. The Bertz CT molecular complexity index is 716. The number of pyridine rings is 1. The van der Waals surface area contributed by atoms with Crippen LogP contribution in [0.1, 0.15) is 37.6 Å². The predicted molar refractivity (Wildman–Crippen MR) is 98.8 cm³/mol. The molecular formula is C19H27N5O. The number of hydrogen-bond donors (Lipinski definition) is 2. The monoisotopic (exact) mass is 341 g/mol. The quantitative estimate of drug-likeness (QED) is 0.877. The Balaban J connectivity index is 1.57. The molecule has 1 fully saturated rings. The van der Waals surface area contributed by atoms with Crippen LogP contribution in [0, 0.1) is 25.7 Å². The van der Waals surface area contributed by atoms with Crippen molar-refractivity contribution in [3.63, 3.8) is 0 Å². The smallest absolute Gasteiger partial charge is 0.224 e. The van der Waals surface area contributed by atoms with E-state index in [4.69, 9.17) is 0 Å². The van der Waals surface area contributed by atoms with E-state index in [1.54, 1.807) is 10.9 Å². The highest BCUT2D eigenvalue weighted by atomic mass is 16.1. The molecule has 2 N–H and O–H groups in total. The molecule has 6 heteroatoms. The van der Waals surface area contributed by atoms with Gasteiger partial charge < -0.3 is 10.6 Å². The van der Waals surface area contributed by atoms with Gasteiger partial charge in [-0.2, -0.15) is 5.10 Å². The lowest BCUT2D eigenvalue weighted by molar-refractivity contribution is -0.117. The predicted octanol–water partition coefficient (Wildman–Crippen LogP) is 2.85. The van der Waals surface area contributed by atoms with E-state index in [-0.39, 0.29) is 5.91 Å². The number of hydrogen-bond acceptors (Lipinski definition) is 4. The largest absolute Gasteiger partial charge is 0.325 e. The Morgan fingerprint density at radius 3 is 2.88 bits per heavy atom. The van der Waals surface area contributed by atoms with Crippen LogP contribution in [0.5, 0.6) is 0 Å². The first-order valence-electron chi connectivity index (χ1n) is 9.03. The molecular weight excluding hydrogens is 314 g/mol. The van der Waals surface area contributed by atoms with E-state index in [1.165, 1.54) is 12.8 Å². The zero-order chi connectivity index (χ0) is 17.8. The van der Waals surface area contributed by atoms with Gasteiger partial charge in [-0.15, -0.1) is 0 Å². The maximum Gasteiger partial charge on any atom is 0.224 e. The molecule has 3 heterocycles. The second kappa shape index (κ2) is 7.78. The number of nitrogens with one attached hydrogen (secondary N) is 2. The maximum absolute atomic E-state index is 12.3. The normalized spacial score (nSPS) is 18.8. The van der Waals surface area contributed by atoms with Crippen LogP contribution in [0.4, 0.5) is 5.69 Å². The van der Waals surface area contributed by atoms with Crippen molar-refractivity contribution in [3.8, 4) is 5.82 Å². The van der Waals surface area contributed by atoms with Crippen LogP contribution in [0.3, 0.4) is 0 Å². The molecule has 0 aliphatic carbocycles. The molecule has 6 nitrogen and oxygen atoms in total. The number of nitrogens with zero attached hydrogens (tertiary/aromatic N) is 3. The second-order valence-corrected chi connectivity index (χ2v) is 7.08. The summed E-state index contributed by atoms with van der Waals surface area (Å²) in [7, 11) is 0. The van der Waals surface area contributed by atoms with Gasteiger partial charge in [0.1, 0.15) is 0 Å². The van der Waals surface area contributed by atoms with Gasteiger partial charge in [-0.3, -0.25) is 4.79 Å². The SMILES string of the molecule is Cc1cc(C)n(-c2ccc(NC(=O)CC(C)C3CCCNC3)cn2)n1. The molecule has 1 aliphatic heterocycles. The maximum atomic E-state index is 12.3. The van der Waals surface area contributed by atoms with E-state index in [0.717, 1.165) is 36.0 Å². The van der Waals surface area contributed by atoms with Crippen molar-refractivity contribution < 1.29 is 4.79 Å². The Labute approximate surface area is 149 Å². The van der Waals surface area contributed by atoms with Crippen molar-refractivity contribution >= 4 is 11.6 Å². The number of carbonyl (C=O) groups excluding carboxylic acids is 1. The molecule has 3 rings (SSSR count). The molecule has 2 aromatic rings. The highest BCUT2D eigenvalue weighted by Crippen LogP contribution is 2.23. The zero-order valence-corrected chi connectivity index (χ0v) is 15.2. The molecule has 1 aliphatic rings. The van der Waals surface area contributed by atoms with Gasteiger partial charge in [0.25, 0.3) is 0 Å². The minimum absolute atomic E-state index is 0.0544. The van der Waals surface area contributed by atoms with Crippen LogP contribution in [0.15, 0.2) is 24.4 Å². The molecule has 0 bridgehead atoms. The average Bonchev–Trinajstić information content (AvgIpc) is 2.94. The molecule has 25 heavy (non-hydrogen) atoms. The number of aryl methyl sites for hydroxylation is 2. The molecule has 0 aromatic carbocycles. The molecule has 1 amide bonds. The van der Waals surface area contributed by atoms with Crippen molar-refractivity contribution in [1.82, 2.24) is 20.1 Å². The van der Waals surface area contributed by atoms with E-state index in [9.17, 15) is 4.79 Å². The van der Waals surface area contributed by atoms with Crippen molar-refractivity contribution in [2.24, 2.45) is 11.8 Å². The lowest BCUT2D eigenvalue weighted by Crippen LogP contribution is -2.34. The number of aromatic nitrogens is 3. The summed E-state index contributed by atoms with van der Waals surface area (Å²) in [6.07, 6.45) is 4.65. The van der Waals surface area contributed by atoms with Gasteiger partial charge in [0, 0.05) is 12.1 Å². The van der Waals surface area contributed by atoms with E-state index in [1.807, 2.05) is 32.0 Å².